The minimum absolute atomic E-state index is 0.209. The Kier molecular flexibility index (Phi) is 3.99. The quantitative estimate of drug-likeness (QED) is 0.822. The van der Waals surface area contributed by atoms with Crippen molar-refractivity contribution in [2.24, 2.45) is 5.73 Å². The third-order valence-corrected chi connectivity index (χ3v) is 3.38. The second-order valence-electron chi connectivity index (χ2n) is 4.45. The Labute approximate surface area is 108 Å². The van der Waals surface area contributed by atoms with Crippen molar-refractivity contribution in [1.82, 2.24) is 9.80 Å². The number of carbonyl (C=O) groups excluding carboxylic acids is 1. The lowest BCUT2D eigenvalue weighted by atomic mass is 10.0. The summed E-state index contributed by atoms with van der Waals surface area (Å²) < 4.78 is 0. The summed E-state index contributed by atoms with van der Waals surface area (Å²) in [7, 11) is 0. The SMILES string of the molecule is C=CC(c1ccccc1)N1CCN(C(N)=O)CC1. The van der Waals surface area contributed by atoms with Gasteiger partial charge in [-0.25, -0.2) is 4.79 Å². The average Bonchev–Trinajstić information content (AvgIpc) is 2.41. The van der Waals surface area contributed by atoms with Crippen LogP contribution < -0.4 is 5.73 Å². The molecule has 1 aromatic rings. The molecule has 96 valence electrons. The van der Waals surface area contributed by atoms with E-state index in [2.05, 4.69) is 23.6 Å². The first-order valence-corrected chi connectivity index (χ1v) is 6.18. The summed E-state index contributed by atoms with van der Waals surface area (Å²) in [5.74, 6) is 0. The first kappa shape index (κ1) is 12.6. The van der Waals surface area contributed by atoms with Crippen LogP contribution in [-0.4, -0.2) is 42.0 Å². The summed E-state index contributed by atoms with van der Waals surface area (Å²) in [6.07, 6.45) is 1.95. The van der Waals surface area contributed by atoms with E-state index in [0.717, 1.165) is 13.1 Å². The standard InChI is InChI=1S/C14H19N3O/c1-2-13(12-6-4-3-5-7-12)16-8-10-17(11-9-16)14(15)18/h2-7,13H,1,8-11H2,(H2,15,18). The topological polar surface area (TPSA) is 49.6 Å². The summed E-state index contributed by atoms with van der Waals surface area (Å²) in [4.78, 5) is 15.1. The number of urea groups is 1. The lowest BCUT2D eigenvalue weighted by Crippen LogP contribution is -2.51. The molecule has 2 amide bonds. The van der Waals surface area contributed by atoms with Gasteiger partial charge in [0.15, 0.2) is 0 Å². The van der Waals surface area contributed by atoms with Gasteiger partial charge in [-0.2, -0.15) is 0 Å². The molecule has 0 saturated carbocycles. The highest BCUT2D eigenvalue weighted by molar-refractivity contribution is 5.72. The number of primary amides is 1. The van der Waals surface area contributed by atoms with Crippen LogP contribution in [0.2, 0.25) is 0 Å². The van der Waals surface area contributed by atoms with Crippen molar-refractivity contribution in [2.75, 3.05) is 26.2 Å². The van der Waals surface area contributed by atoms with Crippen LogP contribution >= 0.6 is 0 Å². The van der Waals surface area contributed by atoms with Crippen molar-refractivity contribution >= 4 is 6.03 Å². The maximum Gasteiger partial charge on any atom is 0.314 e. The molecule has 0 aliphatic carbocycles. The molecule has 4 heteroatoms. The Hall–Kier alpha value is -1.81. The Balaban J connectivity index is 2.03. The molecule has 1 aromatic carbocycles. The summed E-state index contributed by atoms with van der Waals surface area (Å²) >= 11 is 0. The smallest absolute Gasteiger partial charge is 0.314 e. The Morgan fingerprint density at radius 2 is 1.83 bits per heavy atom. The van der Waals surface area contributed by atoms with Gasteiger partial charge in [0.2, 0.25) is 0 Å². The van der Waals surface area contributed by atoms with Gasteiger partial charge in [0.1, 0.15) is 0 Å². The van der Waals surface area contributed by atoms with E-state index in [1.807, 2.05) is 24.3 Å². The molecule has 4 nitrogen and oxygen atoms in total. The Morgan fingerprint density at radius 1 is 1.22 bits per heavy atom. The van der Waals surface area contributed by atoms with E-state index in [1.54, 1.807) is 4.90 Å². The molecule has 1 aliphatic heterocycles. The van der Waals surface area contributed by atoms with Gasteiger partial charge in [-0.3, -0.25) is 4.90 Å². The number of hydrogen-bond donors (Lipinski definition) is 1. The van der Waals surface area contributed by atoms with Crippen LogP contribution in [0.4, 0.5) is 4.79 Å². The van der Waals surface area contributed by atoms with Gasteiger partial charge in [0, 0.05) is 26.2 Å². The fourth-order valence-corrected chi connectivity index (χ4v) is 2.37. The van der Waals surface area contributed by atoms with Crippen molar-refractivity contribution < 1.29 is 4.79 Å². The largest absolute Gasteiger partial charge is 0.351 e. The van der Waals surface area contributed by atoms with Gasteiger partial charge < -0.3 is 10.6 Å². The van der Waals surface area contributed by atoms with Crippen LogP contribution in [-0.2, 0) is 0 Å². The van der Waals surface area contributed by atoms with Gasteiger partial charge in [-0.15, -0.1) is 6.58 Å². The van der Waals surface area contributed by atoms with Crippen molar-refractivity contribution in [2.45, 2.75) is 6.04 Å². The number of nitrogens with zero attached hydrogens (tertiary/aromatic N) is 2. The molecule has 18 heavy (non-hydrogen) atoms. The first-order chi connectivity index (χ1) is 8.72. The molecule has 0 radical (unpaired) electrons. The fourth-order valence-electron chi connectivity index (χ4n) is 2.37. The molecule has 1 heterocycles. The molecule has 1 atom stereocenters. The van der Waals surface area contributed by atoms with Crippen molar-refractivity contribution in [3.63, 3.8) is 0 Å². The number of carbonyl (C=O) groups is 1. The normalized spacial score (nSPS) is 18.3. The van der Waals surface area contributed by atoms with E-state index in [9.17, 15) is 4.79 Å². The molecule has 1 saturated heterocycles. The second-order valence-corrected chi connectivity index (χ2v) is 4.45. The van der Waals surface area contributed by atoms with Crippen LogP contribution in [0.15, 0.2) is 43.0 Å². The third kappa shape index (κ3) is 2.71. The molecule has 1 aliphatic rings. The lowest BCUT2D eigenvalue weighted by Gasteiger charge is -2.37. The monoisotopic (exact) mass is 245 g/mol. The van der Waals surface area contributed by atoms with E-state index in [1.165, 1.54) is 5.56 Å². The van der Waals surface area contributed by atoms with Crippen LogP contribution in [0.3, 0.4) is 0 Å². The number of benzene rings is 1. The first-order valence-electron chi connectivity index (χ1n) is 6.18. The van der Waals surface area contributed by atoms with Crippen molar-refractivity contribution in [1.29, 1.82) is 0 Å². The van der Waals surface area contributed by atoms with Gasteiger partial charge in [0.25, 0.3) is 0 Å². The van der Waals surface area contributed by atoms with Crippen LogP contribution in [0.1, 0.15) is 11.6 Å². The lowest BCUT2D eigenvalue weighted by molar-refractivity contribution is 0.127. The maximum atomic E-state index is 11.1. The predicted molar refractivity (Wildman–Crippen MR) is 72.1 cm³/mol. The third-order valence-electron chi connectivity index (χ3n) is 3.38. The van der Waals surface area contributed by atoms with Gasteiger partial charge in [-0.05, 0) is 5.56 Å². The molecular weight excluding hydrogens is 226 g/mol. The minimum atomic E-state index is -0.329. The highest BCUT2D eigenvalue weighted by atomic mass is 16.2. The predicted octanol–water partition coefficient (Wildman–Crippen LogP) is 1.61. The summed E-state index contributed by atoms with van der Waals surface area (Å²) in [6.45, 7) is 6.95. The number of rotatable bonds is 3. The Morgan fingerprint density at radius 3 is 2.33 bits per heavy atom. The van der Waals surface area contributed by atoms with E-state index in [0.29, 0.717) is 13.1 Å². The number of piperazine rings is 1. The number of amides is 2. The molecule has 1 fully saturated rings. The highest BCUT2D eigenvalue weighted by Crippen LogP contribution is 2.22. The molecule has 0 spiro atoms. The van der Waals surface area contributed by atoms with Crippen molar-refractivity contribution in [3.05, 3.63) is 48.6 Å². The molecule has 1 unspecified atom stereocenters. The summed E-state index contributed by atoms with van der Waals surface area (Å²) in [5.41, 5.74) is 6.52. The Bertz CT molecular complexity index is 410. The summed E-state index contributed by atoms with van der Waals surface area (Å²) in [5, 5.41) is 0. The maximum absolute atomic E-state index is 11.1. The highest BCUT2D eigenvalue weighted by Gasteiger charge is 2.24. The zero-order chi connectivity index (χ0) is 13.0. The zero-order valence-corrected chi connectivity index (χ0v) is 10.5. The van der Waals surface area contributed by atoms with Gasteiger partial charge in [0.05, 0.1) is 6.04 Å². The molecule has 2 rings (SSSR count). The van der Waals surface area contributed by atoms with Crippen LogP contribution in [0, 0.1) is 0 Å². The number of hydrogen-bond acceptors (Lipinski definition) is 2. The molecule has 0 aromatic heterocycles. The molecule has 0 bridgehead atoms. The van der Waals surface area contributed by atoms with E-state index in [-0.39, 0.29) is 12.1 Å². The molecular formula is C14H19N3O. The van der Waals surface area contributed by atoms with E-state index in [4.69, 9.17) is 5.73 Å². The minimum Gasteiger partial charge on any atom is -0.351 e. The molecule has 2 N–H and O–H groups in total. The average molecular weight is 245 g/mol. The number of nitrogens with two attached hydrogens (primary N) is 1. The van der Waals surface area contributed by atoms with Gasteiger partial charge >= 0.3 is 6.03 Å². The van der Waals surface area contributed by atoms with Crippen molar-refractivity contribution in [3.8, 4) is 0 Å². The van der Waals surface area contributed by atoms with Crippen LogP contribution in [0.25, 0.3) is 0 Å². The van der Waals surface area contributed by atoms with Crippen LogP contribution in [0.5, 0.6) is 0 Å². The van der Waals surface area contributed by atoms with E-state index >= 15 is 0 Å². The summed E-state index contributed by atoms with van der Waals surface area (Å²) in [6, 6.07) is 10.2. The van der Waals surface area contributed by atoms with E-state index < -0.39 is 0 Å². The van der Waals surface area contributed by atoms with Gasteiger partial charge in [-0.1, -0.05) is 36.4 Å². The zero-order valence-electron chi connectivity index (χ0n) is 10.5. The fraction of sp³-hybridized carbons (Fsp3) is 0.357. The second kappa shape index (κ2) is 5.69.